The van der Waals surface area contributed by atoms with Crippen molar-refractivity contribution >= 4 is 5.91 Å². The van der Waals surface area contributed by atoms with E-state index in [1.54, 1.807) is 0 Å². The molecule has 1 amide bonds. The monoisotopic (exact) mass is 410 g/mol. The molecule has 0 saturated heterocycles. The van der Waals surface area contributed by atoms with E-state index < -0.39 is 31.6 Å². The fraction of sp³-hybridized carbons (Fsp3) is 0.875. The summed E-state index contributed by atoms with van der Waals surface area (Å²) in [6.07, 6.45) is 0.513. The minimum atomic E-state index is -3.13. The number of amides is 1. The van der Waals surface area contributed by atoms with E-state index >= 15 is 0 Å². The van der Waals surface area contributed by atoms with Gasteiger partial charge < -0.3 is 20.9 Å². The molecule has 0 aromatic carbocycles. The van der Waals surface area contributed by atoms with Crippen LogP contribution in [0.25, 0.3) is 0 Å². The molecule has 5 nitrogen and oxygen atoms in total. The van der Waals surface area contributed by atoms with Crippen LogP contribution in [0.15, 0.2) is 0 Å². The summed E-state index contributed by atoms with van der Waals surface area (Å²) in [4.78, 5) is 10.5. The van der Waals surface area contributed by atoms with Crippen LogP contribution in [0.5, 0.6) is 0 Å². The third kappa shape index (κ3) is 10.4. The Balaban J connectivity index is 0. The Labute approximate surface area is 107 Å². The van der Waals surface area contributed by atoms with Crippen molar-refractivity contribution in [2.45, 2.75) is 12.3 Å². The molecule has 0 bridgehead atoms. The fourth-order valence-corrected chi connectivity index (χ4v) is 0.742. The van der Waals surface area contributed by atoms with Crippen LogP contribution in [0.1, 0.15) is 6.42 Å². The number of aliphatic hydroxyl groups excluding tert-OH is 1. The number of hydrogen-bond donors (Lipinski definition) is 3. The van der Waals surface area contributed by atoms with E-state index in [-0.39, 0.29) is 27.7 Å². The van der Waals surface area contributed by atoms with Crippen LogP contribution in [0.3, 0.4) is 0 Å². The number of carbonyl (C=O) groups is 1. The quantitative estimate of drug-likeness (QED) is 0.453. The predicted octanol–water partition coefficient (Wildman–Crippen LogP) is -0.907. The van der Waals surface area contributed by atoms with Gasteiger partial charge in [-0.25, -0.2) is 8.78 Å². The summed E-state index contributed by atoms with van der Waals surface area (Å²) in [5.74, 6) is -3.96. The number of carbonyl (C=O) groups excluding carboxylic acids is 1. The van der Waals surface area contributed by atoms with Crippen LogP contribution >= 0.6 is 0 Å². The summed E-state index contributed by atoms with van der Waals surface area (Å²) in [6.45, 7) is -1.86. The summed E-state index contributed by atoms with van der Waals surface area (Å²) < 4.78 is 30.5. The van der Waals surface area contributed by atoms with Crippen molar-refractivity contribution in [1.82, 2.24) is 5.32 Å². The second kappa shape index (κ2) is 10.1. The van der Waals surface area contributed by atoms with Gasteiger partial charge in [0, 0.05) is 27.7 Å². The molecule has 0 aromatic rings. The first kappa shape index (κ1) is 18.3. The van der Waals surface area contributed by atoms with E-state index in [9.17, 15) is 13.6 Å². The summed E-state index contributed by atoms with van der Waals surface area (Å²) >= 11 is 0. The molecule has 4 N–H and O–H groups in total. The molecule has 0 spiro atoms. The summed E-state index contributed by atoms with van der Waals surface area (Å²) in [5, 5.41) is 10.1. The molecule has 0 aliphatic heterocycles. The number of aliphatic hydroxyl groups is 1. The van der Waals surface area contributed by atoms with Crippen LogP contribution < -0.4 is 11.1 Å². The molecular weight excluding hydrogens is 394 g/mol. The Morgan fingerprint density at radius 1 is 1.50 bits per heavy atom. The van der Waals surface area contributed by atoms with Crippen molar-refractivity contribution in [2.75, 3.05) is 32.9 Å². The first-order chi connectivity index (χ1) is 7.02. The largest absolute Gasteiger partial charge is 0.387 e. The summed E-state index contributed by atoms with van der Waals surface area (Å²) in [5.41, 5.74) is 5.14. The smallest absolute Gasteiger partial charge is 0.287 e. The van der Waals surface area contributed by atoms with Crippen LogP contribution in [-0.4, -0.2) is 49.8 Å². The third-order valence-electron chi connectivity index (χ3n) is 1.49. The van der Waals surface area contributed by atoms with Crippen molar-refractivity contribution in [1.29, 1.82) is 0 Å². The minimum Gasteiger partial charge on any atom is -0.387 e. The molecule has 0 unspecified atom stereocenters. The Bertz CT molecular complexity index is 196. The van der Waals surface area contributed by atoms with Gasteiger partial charge in [-0.05, 0) is 13.0 Å². The van der Waals surface area contributed by atoms with Gasteiger partial charge >= 0.3 is 0 Å². The standard InChI is InChI=1S/C8H16F2N2O3.W/c9-8(10,5-12-7(14)4-13)6-15-3-1-2-11;/h13H,1-6,11H2,(H,12,14);. The zero-order chi connectivity index (χ0) is 11.7. The molecule has 0 aliphatic rings. The van der Waals surface area contributed by atoms with E-state index in [1.165, 1.54) is 0 Å². The van der Waals surface area contributed by atoms with Gasteiger partial charge in [0.1, 0.15) is 13.2 Å². The number of alkyl halides is 2. The van der Waals surface area contributed by atoms with E-state index in [0.29, 0.717) is 13.0 Å². The first-order valence-corrected chi connectivity index (χ1v) is 4.55. The van der Waals surface area contributed by atoms with E-state index in [2.05, 4.69) is 4.74 Å². The second-order valence-electron chi connectivity index (χ2n) is 2.99. The Morgan fingerprint density at radius 2 is 2.12 bits per heavy atom. The molecule has 0 rings (SSSR count). The van der Waals surface area contributed by atoms with E-state index in [1.807, 2.05) is 5.32 Å². The number of ether oxygens (including phenoxy) is 1. The van der Waals surface area contributed by atoms with Crippen molar-refractivity contribution < 1.29 is 44.5 Å². The van der Waals surface area contributed by atoms with Crippen LogP contribution in [-0.2, 0) is 30.6 Å². The van der Waals surface area contributed by atoms with Gasteiger partial charge in [0.05, 0.1) is 6.54 Å². The van der Waals surface area contributed by atoms with Crippen LogP contribution in [0.4, 0.5) is 8.78 Å². The van der Waals surface area contributed by atoms with E-state index in [4.69, 9.17) is 10.8 Å². The second-order valence-corrected chi connectivity index (χ2v) is 2.99. The summed E-state index contributed by atoms with van der Waals surface area (Å²) in [6, 6.07) is 0. The molecule has 8 heteroatoms. The van der Waals surface area contributed by atoms with Crippen molar-refractivity contribution in [3.63, 3.8) is 0 Å². The molecule has 0 aromatic heterocycles. The molecule has 0 heterocycles. The van der Waals surface area contributed by atoms with Gasteiger partial charge in [0.15, 0.2) is 0 Å². The average Bonchev–Trinajstić information content (AvgIpc) is 2.21. The summed E-state index contributed by atoms with van der Waals surface area (Å²) in [7, 11) is 0. The minimum absolute atomic E-state index is 0. The van der Waals surface area contributed by atoms with Gasteiger partial charge in [0.2, 0.25) is 5.91 Å². The zero-order valence-electron chi connectivity index (χ0n) is 8.75. The Hall–Kier alpha value is -0.102. The number of nitrogens with two attached hydrogens (primary N) is 1. The Morgan fingerprint density at radius 3 is 2.62 bits per heavy atom. The zero-order valence-corrected chi connectivity index (χ0v) is 11.7. The number of hydrogen-bond acceptors (Lipinski definition) is 4. The maximum atomic E-state index is 12.9. The van der Waals surface area contributed by atoms with E-state index in [0.717, 1.165) is 0 Å². The fourth-order valence-electron chi connectivity index (χ4n) is 0.742. The van der Waals surface area contributed by atoms with Crippen LogP contribution in [0.2, 0.25) is 0 Å². The first-order valence-electron chi connectivity index (χ1n) is 4.55. The molecular formula is C8H16F2N2O3W. The van der Waals surface area contributed by atoms with Gasteiger partial charge in [-0.15, -0.1) is 0 Å². The molecule has 96 valence electrons. The maximum Gasteiger partial charge on any atom is 0.287 e. The normalized spacial score (nSPS) is 10.8. The molecule has 0 fully saturated rings. The molecule has 0 atom stereocenters. The van der Waals surface area contributed by atoms with Gasteiger partial charge in [-0.1, -0.05) is 0 Å². The predicted molar refractivity (Wildman–Crippen MR) is 49.5 cm³/mol. The third-order valence-corrected chi connectivity index (χ3v) is 1.49. The number of nitrogens with one attached hydrogen (secondary N) is 1. The van der Waals surface area contributed by atoms with Crippen molar-refractivity contribution in [3.8, 4) is 0 Å². The van der Waals surface area contributed by atoms with Gasteiger partial charge in [-0.2, -0.15) is 0 Å². The van der Waals surface area contributed by atoms with Crippen molar-refractivity contribution in [2.24, 2.45) is 5.73 Å². The average molecular weight is 410 g/mol. The number of rotatable bonds is 8. The molecule has 0 radical (unpaired) electrons. The van der Waals surface area contributed by atoms with Crippen molar-refractivity contribution in [3.05, 3.63) is 0 Å². The van der Waals surface area contributed by atoms with Gasteiger partial charge in [-0.3, -0.25) is 4.79 Å². The Kier molecular flexibility index (Phi) is 11.5. The SMILES string of the molecule is NCCCOCC(F)(F)CNC(=O)CO.[W]. The molecule has 0 saturated carbocycles. The topological polar surface area (TPSA) is 84.6 Å². The number of halogens is 2. The maximum absolute atomic E-state index is 12.9. The van der Waals surface area contributed by atoms with Gasteiger partial charge in [0.25, 0.3) is 5.92 Å². The van der Waals surface area contributed by atoms with Crippen LogP contribution in [0, 0.1) is 0 Å². The molecule has 0 aliphatic carbocycles. The molecule has 16 heavy (non-hydrogen) atoms.